The third-order valence-corrected chi connectivity index (χ3v) is 4.24. The second kappa shape index (κ2) is 7.78. The molecule has 1 aliphatic rings. The molecule has 3 unspecified atom stereocenters. The van der Waals surface area contributed by atoms with Crippen molar-refractivity contribution >= 4 is 5.97 Å². The highest BCUT2D eigenvalue weighted by Crippen LogP contribution is 2.32. The smallest absolute Gasteiger partial charge is 0.320 e. The Hall–Kier alpha value is -0.570. The molecule has 0 saturated heterocycles. The van der Waals surface area contributed by atoms with Crippen molar-refractivity contribution in [3.63, 3.8) is 0 Å². The molecule has 0 aliphatic heterocycles. The lowest BCUT2D eigenvalue weighted by molar-refractivity contribution is -0.145. The van der Waals surface area contributed by atoms with Crippen molar-refractivity contribution in [3.05, 3.63) is 0 Å². The SMILES string of the molecule is CCCN(CC(=O)OCC)C1CCC(C)C(C)C1. The van der Waals surface area contributed by atoms with Crippen LogP contribution in [0.2, 0.25) is 0 Å². The average Bonchev–Trinajstić information content (AvgIpc) is 2.32. The van der Waals surface area contributed by atoms with Gasteiger partial charge in [0.15, 0.2) is 0 Å². The minimum atomic E-state index is -0.0720. The van der Waals surface area contributed by atoms with E-state index in [1.165, 1.54) is 19.3 Å². The van der Waals surface area contributed by atoms with Gasteiger partial charge in [-0.25, -0.2) is 0 Å². The monoisotopic (exact) mass is 255 g/mol. The van der Waals surface area contributed by atoms with Crippen LogP contribution in [0.4, 0.5) is 0 Å². The summed E-state index contributed by atoms with van der Waals surface area (Å²) in [6.45, 7) is 10.7. The zero-order valence-electron chi connectivity index (χ0n) is 12.4. The summed E-state index contributed by atoms with van der Waals surface area (Å²) in [7, 11) is 0. The van der Waals surface area contributed by atoms with Crippen molar-refractivity contribution in [2.75, 3.05) is 19.7 Å². The van der Waals surface area contributed by atoms with Crippen LogP contribution in [0.1, 0.15) is 53.4 Å². The van der Waals surface area contributed by atoms with E-state index in [4.69, 9.17) is 4.74 Å². The molecule has 0 N–H and O–H groups in total. The summed E-state index contributed by atoms with van der Waals surface area (Å²) in [5.41, 5.74) is 0. The Labute approximate surface area is 112 Å². The van der Waals surface area contributed by atoms with E-state index in [-0.39, 0.29) is 5.97 Å². The molecule has 3 atom stereocenters. The van der Waals surface area contributed by atoms with Gasteiger partial charge in [0.05, 0.1) is 13.2 Å². The molecule has 106 valence electrons. The predicted molar refractivity (Wildman–Crippen MR) is 74.5 cm³/mol. The van der Waals surface area contributed by atoms with E-state index >= 15 is 0 Å². The second-order valence-corrected chi connectivity index (χ2v) is 5.70. The van der Waals surface area contributed by atoms with Crippen molar-refractivity contribution in [1.82, 2.24) is 4.90 Å². The fourth-order valence-electron chi connectivity index (χ4n) is 2.90. The quantitative estimate of drug-likeness (QED) is 0.683. The first-order valence-electron chi connectivity index (χ1n) is 7.48. The highest BCUT2D eigenvalue weighted by molar-refractivity contribution is 5.71. The lowest BCUT2D eigenvalue weighted by atomic mass is 9.78. The van der Waals surface area contributed by atoms with Crippen LogP contribution in [-0.2, 0) is 9.53 Å². The molecule has 0 spiro atoms. The first-order chi connectivity index (χ1) is 8.58. The van der Waals surface area contributed by atoms with Crippen LogP contribution in [0, 0.1) is 11.8 Å². The number of rotatable bonds is 6. The van der Waals surface area contributed by atoms with Crippen molar-refractivity contribution in [1.29, 1.82) is 0 Å². The highest BCUT2D eigenvalue weighted by Gasteiger charge is 2.29. The molecule has 1 fully saturated rings. The van der Waals surface area contributed by atoms with Crippen LogP contribution in [0.3, 0.4) is 0 Å². The van der Waals surface area contributed by atoms with E-state index < -0.39 is 0 Å². The number of nitrogens with zero attached hydrogens (tertiary/aromatic N) is 1. The zero-order chi connectivity index (χ0) is 13.5. The summed E-state index contributed by atoms with van der Waals surface area (Å²) in [4.78, 5) is 14.0. The second-order valence-electron chi connectivity index (χ2n) is 5.70. The summed E-state index contributed by atoms with van der Waals surface area (Å²) in [5.74, 6) is 1.52. The molecule has 0 heterocycles. The molecule has 0 radical (unpaired) electrons. The number of esters is 1. The topological polar surface area (TPSA) is 29.5 Å². The Bertz CT molecular complexity index is 255. The summed E-state index contributed by atoms with van der Waals surface area (Å²) in [6.07, 6.45) is 4.83. The van der Waals surface area contributed by atoms with E-state index in [1.54, 1.807) is 0 Å². The number of hydrogen-bond acceptors (Lipinski definition) is 3. The predicted octanol–water partition coefficient (Wildman–Crippen LogP) is 3.09. The van der Waals surface area contributed by atoms with Crippen molar-refractivity contribution in [2.45, 2.75) is 59.4 Å². The Morgan fingerprint density at radius 2 is 1.94 bits per heavy atom. The zero-order valence-corrected chi connectivity index (χ0v) is 12.4. The van der Waals surface area contributed by atoms with E-state index in [2.05, 4.69) is 25.7 Å². The summed E-state index contributed by atoms with van der Waals surface area (Å²) >= 11 is 0. The molecule has 18 heavy (non-hydrogen) atoms. The summed E-state index contributed by atoms with van der Waals surface area (Å²) < 4.78 is 5.08. The van der Waals surface area contributed by atoms with Crippen LogP contribution in [0.15, 0.2) is 0 Å². The molecule has 1 saturated carbocycles. The molecule has 0 amide bonds. The number of carbonyl (C=O) groups is 1. The fraction of sp³-hybridized carbons (Fsp3) is 0.933. The number of carbonyl (C=O) groups excluding carboxylic acids is 1. The Morgan fingerprint density at radius 1 is 1.22 bits per heavy atom. The van der Waals surface area contributed by atoms with Crippen molar-refractivity contribution in [3.8, 4) is 0 Å². The van der Waals surface area contributed by atoms with Crippen LogP contribution in [0.5, 0.6) is 0 Å². The van der Waals surface area contributed by atoms with Gasteiger partial charge in [0.25, 0.3) is 0 Å². The standard InChI is InChI=1S/C15H29NO2/c1-5-9-16(11-15(17)18-6-2)14-8-7-12(3)13(4)10-14/h12-14H,5-11H2,1-4H3. The van der Waals surface area contributed by atoms with Gasteiger partial charge in [-0.05, 0) is 51.0 Å². The van der Waals surface area contributed by atoms with Gasteiger partial charge in [-0.3, -0.25) is 9.69 Å². The third kappa shape index (κ3) is 4.60. The molecule has 3 heteroatoms. The normalized spacial score (nSPS) is 28.4. The molecular formula is C15H29NO2. The van der Waals surface area contributed by atoms with E-state index in [0.717, 1.165) is 24.8 Å². The maximum atomic E-state index is 11.7. The lowest BCUT2D eigenvalue weighted by Crippen LogP contribution is -2.43. The van der Waals surface area contributed by atoms with Gasteiger partial charge in [0.2, 0.25) is 0 Å². The molecule has 0 aromatic heterocycles. The van der Waals surface area contributed by atoms with Gasteiger partial charge in [0.1, 0.15) is 0 Å². The van der Waals surface area contributed by atoms with Crippen molar-refractivity contribution < 1.29 is 9.53 Å². The molecule has 0 bridgehead atoms. The molecule has 1 aliphatic carbocycles. The maximum absolute atomic E-state index is 11.7. The average molecular weight is 255 g/mol. The van der Waals surface area contributed by atoms with E-state index in [0.29, 0.717) is 19.2 Å². The maximum Gasteiger partial charge on any atom is 0.320 e. The Morgan fingerprint density at radius 3 is 2.50 bits per heavy atom. The van der Waals surface area contributed by atoms with Crippen molar-refractivity contribution in [2.24, 2.45) is 11.8 Å². The summed E-state index contributed by atoms with van der Waals surface area (Å²) in [5, 5.41) is 0. The van der Waals surface area contributed by atoms with E-state index in [1.807, 2.05) is 6.92 Å². The van der Waals surface area contributed by atoms with Gasteiger partial charge in [-0.2, -0.15) is 0 Å². The van der Waals surface area contributed by atoms with Crippen LogP contribution in [0.25, 0.3) is 0 Å². The minimum Gasteiger partial charge on any atom is -0.465 e. The van der Waals surface area contributed by atoms with Crippen LogP contribution < -0.4 is 0 Å². The van der Waals surface area contributed by atoms with Gasteiger partial charge in [0, 0.05) is 6.04 Å². The highest BCUT2D eigenvalue weighted by atomic mass is 16.5. The Balaban J connectivity index is 2.52. The Kier molecular flexibility index (Phi) is 6.69. The third-order valence-electron chi connectivity index (χ3n) is 4.24. The molecule has 0 aromatic rings. The van der Waals surface area contributed by atoms with E-state index in [9.17, 15) is 4.79 Å². The van der Waals surface area contributed by atoms with Gasteiger partial charge in [-0.15, -0.1) is 0 Å². The van der Waals surface area contributed by atoms with Crippen LogP contribution in [-0.4, -0.2) is 36.6 Å². The molecular weight excluding hydrogens is 226 g/mol. The first kappa shape index (κ1) is 15.5. The number of hydrogen-bond donors (Lipinski definition) is 0. The minimum absolute atomic E-state index is 0.0720. The lowest BCUT2D eigenvalue weighted by Gasteiger charge is -2.38. The fourth-order valence-corrected chi connectivity index (χ4v) is 2.90. The first-order valence-corrected chi connectivity index (χ1v) is 7.48. The molecule has 3 nitrogen and oxygen atoms in total. The largest absolute Gasteiger partial charge is 0.465 e. The molecule has 0 aromatic carbocycles. The van der Waals surface area contributed by atoms with Crippen LogP contribution >= 0.6 is 0 Å². The summed E-state index contributed by atoms with van der Waals surface area (Å²) in [6, 6.07) is 0.570. The van der Waals surface area contributed by atoms with Gasteiger partial charge < -0.3 is 4.74 Å². The number of ether oxygens (including phenoxy) is 1. The van der Waals surface area contributed by atoms with Gasteiger partial charge >= 0.3 is 5.97 Å². The molecule has 1 rings (SSSR count). The van der Waals surface area contributed by atoms with Gasteiger partial charge in [-0.1, -0.05) is 20.8 Å².